The van der Waals surface area contributed by atoms with Crippen molar-refractivity contribution in [1.82, 2.24) is 30.7 Å². The van der Waals surface area contributed by atoms with Gasteiger partial charge in [0.2, 0.25) is 0 Å². The number of hydrogen-bond acceptors (Lipinski definition) is 6. The Morgan fingerprint density at radius 3 is 0.875 bits per heavy atom. The Hall–Kier alpha value is -3.07. The third kappa shape index (κ3) is 16.1. The maximum Gasteiger partial charge on any atom is 0.0627 e. The molecule has 2 fully saturated rings. The molecular weight excluding hydrogens is 708 g/mol. The first-order valence-corrected chi connectivity index (χ1v) is 21.6. The second-order valence-electron chi connectivity index (χ2n) is 16.2. The van der Waals surface area contributed by atoms with E-state index in [1.54, 1.807) is 0 Å². The highest BCUT2D eigenvalue weighted by Crippen LogP contribution is 2.30. The molecular formula is C49H75ClN6. The normalized spacial score (nSPS) is 23.1. The molecule has 2 saturated heterocycles. The van der Waals surface area contributed by atoms with Gasteiger partial charge in [0, 0.05) is 25.5 Å². The van der Waals surface area contributed by atoms with E-state index in [4.69, 9.17) is 11.6 Å². The summed E-state index contributed by atoms with van der Waals surface area (Å²) in [7, 11) is 0. The molecule has 0 saturated carbocycles. The third-order valence-corrected chi connectivity index (χ3v) is 11.5. The van der Waals surface area contributed by atoms with Gasteiger partial charge in [-0.25, -0.2) is 0 Å². The van der Waals surface area contributed by atoms with Gasteiger partial charge in [0.05, 0.1) is 37.0 Å². The van der Waals surface area contributed by atoms with Crippen LogP contribution in [0.15, 0.2) is 121 Å². The Morgan fingerprint density at radius 2 is 0.696 bits per heavy atom. The lowest BCUT2D eigenvalue weighted by Crippen LogP contribution is -2.67. The van der Waals surface area contributed by atoms with Crippen LogP contribution >= 0.6 is 11.6 Å². The molecule has 308 valence electrons. The Labute approximate surface area is 347 Å². The molecule has 0 amide bonds. The van der Waals surface area contributed by atoms with Crippen molar-refractivity contribution < 1.29 is 0 Å². The Morgan fingerprint density at radius 1 is 0.446 bits per heavy atom. The van der Waals surface area contributed by atoms with Crippen molar-refractivity contribution in [2.24, 2.45) is 17.8 Å². The van der Waals surface area contributed by atoms with Crippen molar-refractivity contribution in [3.8, 4) is 0 Å². The predicted octanol–water partition coefficient (Wildman–Crippen LogP) is 11.1. The molecule has 56 heavy (non-hydrogen) atoms. The van der Waals surface area contributed by atoms with Crippen LogP contribution in [0, 0.1) is 17.8 Å². The van der Waals surface area contributed by atoms with Crippen LogP contribution in [0.1, 0.15) is 105 Å². The lowest BCUT2D eigenvalue weighted by molar-refractivity contribution is -0.168. The molecule has 0 radical (unpaired) electrons. The van der Waals surface area contributed by atoms with Crippen LogP contribution in [0.2, 0.25) is 0 Å². The summed E-state index contributed by atoms with van der Waals surface area (Å²) in [6, 6.07) is 42.5. The second kappa shape index (κ2) is 25.3. The number of hydrogen-bond donors (Lipinski definition) is 3. The van der Waals surface area contributed by atoms with E-state index in [1.807, 2.05) is 30.3 Å². The lowest BCUT2D eigenvalue weighted by Gasteiger charge is -2.55. The molecule has 6 rings (SSSR count). The first-order valence-electron chi connectivity index (χ1n) is 21.1. The fourth-order valence-corrected chi connectivity index (χ4v) is 8.41. The summed E-state index contributed by atoms with van der Waals surface area (Å²) >= 11 is 5.53. The zero-order chi connectivity index (χ0) is 41.0. The highest BCUT2D eigenvalue weighted by molar-refractivity contribution is 6.17. The maximum absolute atomic E-state index is 5.53. The van der Waals surface area contributed by atoms with Gasteiger partial charge in [-0.05, 0) is 81.5 Å². The average Bonchev–Trinajstić information content (AvgIpc) is 3.18. The van der Waals surface area contributed by atoms with E-state index in [0.29, 0.717) is 42.9 Å². The van der Waals surface area contributed by atoms with Crippen LogP contribution in [0.4, 0.5) is 0 Å². The number of rotatable bonds is 10. The molecule has 7 heteroatoms. The van der Waals surface area contributed by atoms with Crippen molar-refractivity contribution in [2.75, 3.05) is 0 Å². The molecule has 6 nitrogen and oxygen atoms in total. The van der Waals surface area contributed by atoms with Gasteiger partial charge in [0.15, 0.2) is 0 Å². The van der Waals surface area contributed by atoms with Gasteiger partial charge in [-0.3, -0.25) is 30.7 Å². The van der Waals surface area contributed by atoms with E-state index in [2.05, 4.69) is 198 Å². The van der Waals surface area contributed by atoms with Gasteiger partial charge in [0.25, 0.3) is 0 Å². The summed E-state index contributed by atoms with van der Waals surface area (Å²) in [6.07, 6.45) is 3.66. The molecule has 0 aliphatic carbocycles. The van der Waals surface area contributed by atoms with Crippen LogP contribution in [0.5, 0.6) is 0 Å². The number of alkyl halides is 1. The van der Waals surface area contributed by atoms with Crippen LogP contribution in [-0.2, 0) is 25.5 Å². The van der Waals surface area contributed by atoms with E-state index in [0.717, 1.165) is 37.4 Å². The minimum atomic E-state index is 0.349. The Bertz CT molecular complexity index is 1390. The minimum absolute atomic E-state index is 0.349. The number of benzene rings is 4. The fourth-order valence-electron chi connectivity index (χ4n) is 8.23. The van der Waals surface area contributed by atoms with Gasteiger partial charge in [-0.1, -0.05) is 162 Å². The molecule has 4 aromatic carbocycles. The fraction of sp³-hybridized carbons (Fsp3) is 0.510. The van der Waals surface area contributed by atoms with Gasteiger partial charge in [-0.15, -0.1) is 11.6 Å². The minimum Gasteiger partial charge on any atom is -0.287 e. The Kier molecular flexibility index (Phi) is 21.4. The number of nitrogens with zero attached hydrogens (tertiary/aromatic N) is 3. The summed E-state index contributed by atoms with van der Waals surface area (Å²) in [6.45, 7) is 27.8. The van der Waals surface area contributed by atoms with Crippen molar-refractivity contribution in [3.63, 3.8) is 0 Å². The van der Waals surface area contributed by atoms with Crippen LogP contribution < -0.4 is 16.0 Å². The van der Waals surface area contributed by atoms with E-state index in [1.165, 1.54) is 28.7 Å². The predicted molar refractivity (Wildman–Crippen MR) is 242 cm³/mol. The smallest absolute Gasteiger partial charge is 0.0627 e. The summed E-state index contributed by atoms with van der Waals surface area (Å²) < 4.78 is 0. The molecule has 4 aromatic rings. The first kappa shape index (κ1) is 47.3. The number of halogens is 1. The van der Waals surface area contributed by atoms with E-state index < -0.39 is 0 Å². The molecule has 2 aliphatic rings. The Balaban J connectivity index is 0.000000261. The average molecular weight is 784 g/mol. The van der Waals surface area contributed by atoms with Crippen LogP contribution in [0.3, 0.4) is 0 Å². The molecule has 0 spiro atoms. The summed E-state index contributed by atoms with van der Waals surface area (Å²) in [5.41, 5.74) is 5.27. The van der Waals surface area contributed by atoms with E-state index in [9.17, 15) is 0 Å². The monoisotopic (exact) mass is 783 g/mol. The highest BCUT2D eigenvalue weighted by atomic mass is 35.5. The highest BCUT2D eigenvalue weighted by Gasteiger charge is 2.40. The van der Waals surface area contributed by atoms with Crippen LogP contribution in [-0.4, -0.2) is 51.7 Å². The largest absolute Gasteiger partial charge is 0.287 e. The molecule has 0 bridgehead atoms. The summed E-state index contributed by atoms with van der Waals surface area (Å²) in [4.78, 5) is 7.88. The molecule has 0 atom stereocenters. The van der Waals surface area contributed by atoms with Crippen molar-refractivity contribution >= 4 is 11.6 Å². The van der Waals surface area contributed by atoms with Crippen molar-refractivity contribution in [3.05, 3.63) is 144 Å². The van der Waals surface area contributed by atoms with Crippen molar-refractivity contribution in [2.45, 2.75) is 145 Å². The first-order chi connectivity index (χ1) is 26.8. The third-order valence-electron chi connectivity index (χ3n) is 11.2. The van der Waals surface area contributed by atoms with Crippen LogP contribution in [0.25, 0.3) is 0 Å². The van der Waals surface area contributed by atoms with Gasteiger partial charge in [-0.2, -0.15) is 0 Å². The molecule has 2 aliphatic heterocycles. The molecule has 0 aromatic heterocycles. The maximum atomic E-state index is 5.53. The van der Waals surface area contributed by atoms with E-state index in [-0.39, 0.29) is 0 Å². The van der Waals surface area contributed by atoms with Gasteiger partial charge < -0.3 is 0 Å². The molecule has 3 N–H and O–H groups in total. The quantitative estimate of drug-likeness (QED) is 0.139. The SMILES string of the molecule is CC1N(Cc2ccccc2)C(C)N(Cc2ccccc2)C(C)N1Cc1ccccc1.CC1NC(C)NC(C)N1.CCC(C(C)C)C(C)C.ClCc1ccccc1. The van der Waals surface area contributed by atoms with E-state index >= 15 is 0 Å². The van der Waals surface area contributed by atoms with Gasteiger partial charge >= 0.3 is 0 Å². The zero-order valence-electron chi connectivity index (χ0n) is 36.5. The molecule has 2 heterocycles. The standard InChI is InChI=1S/C27H33N3.C9H20.C7H7Cl.C6H15N3/c1-22-28(19-25-13-7-4-8-14-25)23(2)30(21-27-17-11-6-12-18-27)24(3)29(22)20-26-15-9-5-10-16-26;1-6-9(7(2)3)8(4)5;8-6-7-4-2-1-3-5-7;1-4-7-5(2)9-6(3)8-4/h4-18,22-24H,19-21H2,1-3H3;7-9H,6H2,1-5H3;1-5H,6H2;4-9H,1-3H3. The number of nitrogens with one attached hydrogen (secondary N) is 3. The second-order valence-corrected chi connectivity index (χ2v) is 16.5. The molecule has 0 unspecified atom stereocenters. The summed E-state index contributed by atoms with van der Waals surface area (Å²) in [5, 5.41) is 9.86. The topological polar surface area (TPSA) is 45.8 Å². The van der Waals surface area contributed by atoms with Gasteiger partial charge in [0.1, 0.15) is 0 Å². The zero-order valence-corrected chi connectivity index (χ0v) is 37.3. The summed E-state index contributed by atoms with van der Waals surface area (Å²) in [5.74, 6) is 3.25. The van der Waals surface area contributed by atoms with Crippen molar-refractivity contribution in [1.29, 1.82) is 0 Å². The lowest BCUT2D eigenvalue weighted by atomic mass is 9.84.